The molecule has 6 heteroatoms. The molecule has 1 N–H and O–H groups in total. The van der Waals surface area contributed by atoms with Crippen molar-refractivity contribution in [2.75, 3.05) is 23.3 Å². The molecule has 0 aliphatic carbocycles. The van der Waals surface area contributed by atoms with Crippen LogP contribution in [0.15, 0.2) is 30.5 Å². The van der Waals surface area contributed by atoms with Crippen molar-refractivity contribution in [1.29, 1.82) is 0 Å². The second-order valence-electron chi connectivity index (χ2n) is 6.07. The number of aromatic nitrogens is 3. The van der Waals surface area contributed by atoms with E-state index < -0.39 is 0 Å². The zero-order valence-electron chi connectivity index (χ0n) is 13.5. The van der Waals surface area contributed by atoms with Crippen molar-refractivity contribution in [2.45, 2.75) is 26.7 Å². The van der Waals surface area contributed by atoms with E-state index in [1.807, 2.05) is 12.1 Å². The summed E-state index contributed by atoms with van der Waals surface area (Å²) >= 11 is 0. The van der Waals surface area contributed by atoms with E-state index in [-0.39, 0.29) is 5.78 Å². The first-order valence-electron chi connectivity index (χ1n) is 7.94. The summed E-state index contributed by atoms with van der Waals surface area (Å²) in [5, 5.41) is 11.2. The van der Waals surface area contributed by atoms with Gasteiger partial charge >= 0.3 is 0 Å². The van der Waals surface area contributed by atoms with Crippen LogP contribution in [-0.4, -0.2) is 34.1 Å². The van der Waals surface area contributed by atoms with Crippen LogP contribution in [0.25, 0.3) is 0 Å². The number of ketones is 1. The van der Waals surface area contributed by atoms with E-state index in [0.717, 1.165) is 30.5 Å². The van der Waals surface area contributed by atoms with Gasteiger partial charge in [-0.15, -0.1) is 5.10 Å². The van der Waals surface area contributed by atoms with Crippen LogP contribution in [0, 0.1) is 5.92 Å². The number of benzene rings is 1. The number of nitrogens with one attached hydrogen (secondary N) is 1. The third kappa shape index (κ3) is 3.83. The van der Waals surface area contributed by atoms with Crippen LogP contribution in [0.3, 0.4) is 0 Å². The minimum absolute atomic E-state index is 0.0314. The smallest absolute Gasteiger partial charge is 0.249 e. The fourth-order valence-corrected chi connectivity index (χ4v) is 2.68. The molecule has 1 saturated heterocycles. The van der Waals surface area contributed by atoms with Crippen molar-refractivity contribution in [3.8, 4) is 0 Å². The van der Waals surface area contributed by atoms with E-state index in [4.69, 9.17) is 0 Å². The van der Waals surface area contributed by atoms with Crippen molar-refractivity contribution in [1.82, 2.24) is 15.2 Å². The van der Waals surface area contributed by atoms with Crippen molar-refractivity contribution in [3.63, 3.8) is 0 Å². The average molecular weight is 311 g/mol. The Labute approximate surface area is 136 Å². The second-order valence-corrected chi connectivity index (χ2v) is 6.07. The Balaban J connectivity index is 1.75. The maximum atomic E-state index is 11.5. The zero-order chi connectivity index (χ0) is 16.2. The first-order valence-corrected chi connectivity index (χ1v) is 7.94. The van der Waals surface area contributed by atoms with E-state index in [1.54, 1.807) is 25.3 Å². The SMILES string of the molecule is CC(=O)c1cccc(Nc2nncc(N3CCC(C)CC3)n2)c1. The molecule has 0 spiro atoms. The lowest BCUT2D eigenvalue weighted by Crippen LogP contribution is -2.33. The van der Waals surface area contributed by atoms with Crippen LogP contribution in [0.2, 0.25) is 0 Å². The van der Waals surface area contributed by atoms with Gasteiger partial charge in [-0.2, -0.15) is 10.1 Å². The zero-order valence-corrected chi connectivity index (χ0v) is 13.5. The molecule has 2 heterocycles. The topological polar surface area (TPSA) is 71.0 Å². The minimum Gasteiger partial charge on any atom is -0.355 e. The number of piperidine rings is 1. The Morgan fingerprint density at radius 3 is 2.83 bits per heavy atom. The maximum absolute atomic E-state index is 11.5. The van der Waals surface area contributed by atoms with Crippen LogP contribution in [0.5, 0.6) is 0 Å². The summed E-state index contributed by atoms with van der Waals surface area (Å²) in [5.74, 6) is 2.09. The first kappa shape index (κ1) is 15.4. The summed E-state index contributed by atoms with van der Waals surface area (Å²) in [7, 11) is 0. The van der Waals surface area contributed by atoms with Crippen LogP contribution < -0.4 is 10.2 Å². The van der Waals surface area contributed by atoms with E-state index >= 15 is 0 Å². The predicted octanol–water partition coefficient (Wildman–Crippen LogP) is 3.05. The fourth-order valence-electron chi connectivity index (χ4n) is 2.68. The first-order chi connectivity index (χ1) is 11.1. The molecule has 1 aromatic heterocycles. The molecule has 120 valence electrons. The van der Waals surface area contributed by atoms with Crippen LogP contribution >= 0.6 is 0 Å². The number of carbonyl (C=O) groups excluding carboxylic acids is 1. The van der Waals surface area contributed by atoms with Gasteiger partial charge in [-0.25, -0.2) is 0 Å². The summed E-state index contributed by atoms with van der Waals surface area (Å²) < 4.78 is 0. The van der Waals surface area contributed by atoms with E-state index in [1.165, 1.54) is 12.8 Å². The van der Waals surface area contributed by atoms with Gasteiger partial charge in [0.2, 0.25) is 5.95 Å². The molecule has 3 rings (SSSR count). The van der Waals surface area contributed by atoms with Crippen molar-refractivity contribution >= 4 is 23.2 Å². The van der Waals surface area contributed by atoms with Crippen LogP contribution in [0.4, 0.5) is 17.5 Å². The molecule has 1 aliphatic heterocycles. The highest BCUT2D eigenvalue weighted by Gasteiger charge is 2.17. The summed E-state index contributed by atoms with van der Waals surface area (Å²) in [6, 6.07) is 7.30. The third-order valence-electron chi connectivity index (χ3n) is 4.18. The number of hydrogen-bond donors (Lipinski definition) is 1. The normalized spacial score (nSPS) is 15.5. The number of carbonyl (C=O) groups is 1. The third-order valence-corrected chi connectivity index (χ3v) is 4.18. The molecule has 0 saturated carbocycles. The molecule has 0 atom stereocenters. The molecule has 0 amide bonds. The second kappa shape index (κ2) is 6.73. The summed E-state index contributed by atoms with van der Waals surface area (Å²) in [6.45, 7) is 5.83. The Hall–Kier alpha value is -2.50. The molecule has 1 fully saturated rings. The standard InChI is InChI=1S/C17H21N5O/c1-12-6-8-22(9-7-12)16-11-18-21-17(20-16)19-15-5-3-4-14(10-15)13(2)23/h3-5,10-12H,6-9H2,1-2H3,(H,19,20,21). The number of anilines is 3. The van der Waals surface area contributed by atoms with Gasteiger partial charge in [-0.3, -0.25) is 4.79 Å². The van der Waals surface area contributed by atoms with Gasteiger partial charge in [-0.1, -0.05) is 19.1 Å². The molecular weight excluding hydrogens is 290 g/mol. The largest absolute Gasteiger partial charge is 0.355 e. The van der Waals surface area contributed by atoms with Crippen molar-refractivity contribution < 1.29 is 4.79 Å². The molecule has 1 aliphatic rings. The van der Waals surface area contributed by atoms with Gasteiger partial charge in [0.25, 0.3) is 0 Å². The summed E-state index contributed by atoms with van der Waals surface area (Å²) in [5.41, 5.74) is 1.44. The minimum atomic E-state index is 0.0314. The van der Waals surface area contributed by atoms with E-state index in [0.29, 0.717) is 11.5 Å². The number of rotatable bonds is 4. The highest BCUT2D eigenvalue weighted by Crippen LogP contribution is 2.22. The van der Waals surface area contributed by atoms with Crippen molar-refractivity contribution in [3.05, 3.63) is 36.0 Å². The lowest BCUT2D eigenvalue weighted by molar-refractivity contribution is 0.101. The van der Waals surface area contributed by atoms with Gasteiger partial charge in [0.15, 0.2) is 11.6 Å². The lowest BCUT2D eigenvalue weighted by Gasteiger charge is -2.30. The van der Waals surface area contributed by atoms with Crippen LogP contribution in [0.1, 0.15) is 37.0 Å². The highest BCUT2D eigenvalue weighted by molar-refractivity contribution is 5.95. The Morgan fingerprint density at radius 1 is 1.30 bits per heavy atom. The Bertz CT molecular complexity index is 695. The molecule has 6 nitrogen and oxygen atoms in total. The molecular formula is C17H21N5O. The molecule has 2 aromatic rings. The Morgan fingerprint density at radius 2 is 2.09 bits per heavy atom. The highest BCUT2D eigenvalue weighted by atomic mass is 16.1. The van der Waals surface area contributed by atoms with Gasteiger partial charge in [-0.05, 0) is 37.8 Å². The van der Waals surface area contributed by atoms with Gasteiger partial charge in [0.1, 0.15) is 0 Å². The van der Waals surface area contributed by atoms with Gasteiger partial charge < -0.3 is 10.2 Å². The Kier molecular flexibility index (Phi) is 4.50. The summed E-state index contributed by atoms with van der Waals surface area (Å²) in [4.78, 5) is 18.2. The van der Waals surface area contributed by atoms with E-state index in [9.17, 15) is 4.79 Å². The molecule has 0 radical (unpaired) electrons. The number of nitrogens with zero attached hydrogens (tertiary/aromatic N) is 4. The van der Waals surface area contributed by atoms with Gasteiger partial charge in [0.05, 0.1) is 6.20 Å². The monoisotopic (exact) mass is 311 g/mol. The van der Waals surface area contributed by atoms with E-state index in [2.05, 4.69) is 32.3 Å². The summed E-state index contributed by atoms with van der Waals surface area (Å²) in [6.07, 6.45) is 4.05. The molecule has 23 heavy (non-hydrogen) atoms. The predicted molar refractivity (Wildman–Crippen MR) is 90.2 cm³/mol. The fraction of sp³-hybridized carbons (Fsp3) is 0.412. The number of hydrogen-bond acceptors (Lipinski definition) is 6. The average Bonchev–Trinajstić information content (AvgIpc) is 2.56. The molecule has 1 aromatic carbocycles. The number of Topliss-reactive ketones (excluding diaryl/α,β-unsaturated/α-hetero) is 1. The lowest BCUT2D eigenvalue weighted by atomic mass is 9.99. The van der Waals surface area contributed by atoms with Crippen molar-refractivity contribution in [2.24, 2.45) is 5.92 Å². The van der Waals surface area contributed by atoms with Gasteiger partial charge in [0, 0.05) is 24.3 Å². The quantitative estimate of drug-likeness (QED) is 0.875. The van der Waals surface area contributed by atoms with Crippen LogP contribution in [-0.2, 0) is 0 Å². The maximum Gasteiger partial charge on any atom is 0.249 e. The molecule has 0 unspecified atom stereocenters. The molecule has 0 bridgehead atoms.